The van der Waals surface area contributed by atoms with Gasteiger partial charge in [-0.15, -0.1) is 0 Å². The number of rotatable bonds is 7. The van der Waals surface area contributed by atoms with E-state index in [0.29, 0.717) is 13.0 Å². The van der Waals surface area contributed by atoms with Crippen molar-refractivity contribution >= 4 is 17.6 Å². The number of hydrogen-bond acceptors (Lipinski definition) is 3. The van der Waals surface area contributed by atoms with Crippen molar-refractivity contribution in [2.45, 2.75) is 26.3 Å². The molecule has 7 heteroatoms. The predicted molar refractivity (Wildman–Crippen MR) is 73.9 cm³/mol. The molecule has 1 aromatic rings. The van der Waals surface area contributed by atoms with Crippen LogP contribution in [0.15, 0.2) is 18.2 Å². The van der Waals surface area contributed by atoms with Crippen molar-refractivity contribution < 1.29 is 23.5 Å². The monoisotopic (exact) mass is 300 g/mol. The van der Waals surface area contributed by atoms with E-state index in [1.165, 1.54) is 11.0 Å². The molecule has 1 rings (SSSR count). The first kappa shape index (κ1) is 17.0. The average molecular weight is 300 g/mol. The third-order valence-electron chi connectivity index (χ3n) is 2.96. The Balaban J connectivity index is 2.75. The van der Waals surface area contributed by atoms with Crippen LogP contribution in [0.1, 0.15) is 20.3 Å². The molecule has 0 bridgehead atoms. The number of anilines is 1. The fourth-order valence-corrected chi connectivity index (χ4v) is 1.86. The van der Waals surface area contributed by atoms with Crippen molar-refractivity contribution in [1.29, 1.82) is 0 Å². The van der Waals surface area contributed by atoms with Crippen LogP contribution >= 0.6 is 0 Å². The highest BCUT2D eigenvalue weighted by molar-refractivity contribution is 5.94. The van der Waals surface area contributed by atoms with Gasteiger partial charge in [0, 0.05) is 11.8 Å². The molecular formula is C14H18F2N2O3. The Kier molecular flexibility index (Phi) is 6.23. The fraction of sp³-hybridized carbons (Fsp3) is 0.429. The highest BCUT2D eigenvalue weighted by Gasteiger charge is 2.22. The van der Waals surface area contributed by atoms with Crippen LogP contribution < -0.4 is 5.32 Å². The molecule has 0 aromatic heterocycles. The topological polar surface area (TPSA) is 69.6 Å². The minimum Gasteiger partial charge on any atom is -0.480 e. The molecule has 2 N–H and O–H groups in total. The third kappa shape index (κ3) is 5.11. The zero-order valence-corrected chi connectivity index (χ0v) is 11.9. The van der Waals surface area contributed by atoms with Gasteiger partial charge < -0.3 is 10.4 Å². The van der Waals surface area contributed by atoms with Crippen LogP contribution in [0, 0.1) is 11.6 Å². The predicted octanol–water partition coefficient (Wildman–Crippen LogP) is 2.09. The van der Waals surface area contributed by atoms with Crippen LogP contribution in [-0.4, -0.2) is 41.0 Å². The molecule has 0 saturated heterocycles. The van der Waals surface area contributed by atoms with Crippen LogP contribution in [0.3, 0.4) is 0 Å². The summed E-state index contributed by atoms with van der Waals surface area (Å²) in [6, 6.07) is 2.33. The number of nitrogens with one attached hydrogen (secondary N) is 1. The Morgan fingerprint density at radius 1 is 1.33 bits per heavy atom. The molecule has 116 valence electrons. The van der Waals surface area contributed by atoms with Gasteiger partial charge in [0.1, 0.15) is 0 Å². The van der Waals surface area contributed by atoms with Gasteiger partial charge >= 0.3 is 5.97 Å². The Morgan fingerprint density at radius 3 is 2.52 bits per heavy atom. The summed E-state index contributed by atoms with van der Waals surface area (Å²) in [7, 11) is 0. The number of amides is 1. The van der Waals surface area contributed by atoms with Gasteiger partial charge in [-0.3, -0.25) is 14.5 Å². The van der Waals surface area contributed by atoms with E-state index in [1.54, 1.807) is 6.92 Å². The van der Waals surface area contributed by atoms with Crippen LogP contribution in [0.5, 0.6) is 0 Å². The van der Waals surface area contributed by atoms with Gasteiger partial charge in [0.25, 0.3) is 0 Å². The molecule has 0 aliphatic heterocycles. The molecule has 0 aliphatic rings. The van der Waals surface area contributed by atoms with E-state index in [9.17, 15) is 18.4 Å². The highest BCUT2D eigenvalue weighted by Crippen LogP contribution is 2.14. The molecule has 0 heterocycles. The molecule has 21 heavy (non-hydrogen) atoms. The number of aliphatic carboxylic acids is 1. The first-order valence-electron chi connectivity index (χ1n) is 6.57. The lowest BCUT2D eigenvalue weighted by molar-refractivity contribution is -0.139. The maximum Gasteiger partial charge on any atom is 0.317 e. The number of benzene rings is 1. The highest BCUT2D eigenvalue weighted by atomic mass is 19.2. The second-order valence-electron chi connectivity index (χ2n) is 4.66. The molecule has 0 aliphatic carbocycles. The Hall–Kier alpha value is -2.02. The standard InChI is InChI=1S/C14H18F2N2O3/c1-3-6-18(8-13(19)20)9(2)14(21)17-10-4-5-11(15)12(16)7-10/h4-5,7,9H,3,6,8H2,1-2H3,(H,17,21)(H,19,20). The molecule has 1 unspecified atom stereocenters. The maximum atomic E-state index is 13.1. The minimum absolute atomic E-state index is 0.123. The van der Waals surface area contributed by atoms with E-state index in [4.69, 9.17) is 5.11 Å². The number of carbonyl (C=O) groups is 2. The van der Waals surface area contributed by atoms with E-state index in [1.807, 2.05) is 6.92 Å². The van der Waals surface area contributed by atoms with Crippen molar-refractivity contribution in [2.75, 3.05) is 18.4 Å². The summed E-state index contributed by atoms with van der Waals surface area (Å²) >= 11 is 0. The smallest absolute Gasteiger partial charge is 0.317 e. The zero-order chi connectivity index (χ0) is 16.0. The summed E-state index contributed by atoms with van der Waals surface area (Å²) in [6.07, 6.45) is 0.691. The maximum absolute atomic E-state index is 13.1. The Bertz CT molecular complexity index is 523. The van der Waals surface area contributed by atoms with E-state index < -0.39 is 29.6 Å². The van der Waals surface area contributed by atoms with E-state index in [-0.39, 0.29) is 12.2 Å². The van der Waals surface area contributed by atoms with Gasteiger partial charge in [0.2, 0.25) is 5.91 Å². The molecule has 1 aromatic carbocycles. The van der Waals surface area contributed by atoms with Gasteiger partial charge in [-0.25, -0.2) is 8.78 Å². The largest absolute Gasteiger partial charge is 0.480 e. The lowest BCUT2D eigenvalue weighted by atomic mass is 10.2. The van der Waals surface area contributed by atoms with E-state index in [0.717, 1.165) is 12.1 Å². The average Bonchev–Trinajstić information content (AvgIpc) is 2.41. The summed E-state index contributed by atoms with van der Waals surface area (Å²) in [4.78, 5) is 24.3. The molecule has 0 spiro atoms. The van der Waals surface area contributed by atoms with Crippen molar-refractivity contribution in [1.82, 2.24) is 4.90 Å². The lowest BCUT2D eigenvalue weighted by Gasteiger charge is -2.26. The number of carboxylic acids is 1. The fourth-order valence-electron chi connectivity index (χ4n) is 1.86. The summed E-state index contributed by atoms with van der Waals surface area (Å²) in [6.45, 7) is 3.61. The molecule has 1 atom stereocenters. The molecule has 1 amide bonds. The summed E-state index contributed by atoms with van der Waals surface area (Å²) in [5.41, 5.74) is 0.123. The number of hydrogen-bond donors (Lipinski definition) is 2. The van der Waals surface area contributed by atoms with Gasteiger partial charge in [-0.2, -0.15) is 0 Å². The first-order chi connectivity index (χ1) is 9.85. The van der Waals surface area contributed by atoms with Crippen molar-refractivity contribution in [3.8, 4) is 0 Å². The van der Waals surface area contributed by atoms with Crippen LogP contribution in [0.4, 0.5) is 14.5 Å². The summed E-state index contributed by atoms with van der Waals surface area (Å²) in [5, 5.41) is 11.3. The normalized spacial score (nSPS) is 12.2. The van der Waals surface area contributed by atoms with Crippen LogP contribution in [-0.2, 0) is 9.59 Å². The van der Waals surface area contributed by atoms with Crippen molar-refractivity contribution in [3.05, 3.63) is 29.8 Å². The Labute approximate surface area is 121 Å². The Morgan fingerprint density at radius 2 is 2.00 bits per heavy atom. The number of nitrogens with zero attached hydrogens (tertiary/aromatic N) is 1. The second-order valence-corrected chi connectivity index (χ2v) is 4.66. The zero-order valence-electron chi connectivity index (χ0n) is 11.9. The summed E-state index contributed by atoms with van der Waals surface area (Å²) < 4.78 is 25.9. The molecule has 0 radical (unpaired) electrons. The molecule has 0 saturated carbocycles. The minimum atomic E-state index is -1.06. The summed E-state index contributed by atoms with van der Waals surface area (Å²) in [5.74, 6) is -3.57. The third-order valence-corrected chi connectivity index (χ3v) is 2.96. The van der Waals surface area contributed by atoms with E-state index >= 15 is 0 Å². The molecule has 0 fully saturated rings. The van der Waals surface area contributed by atoms with Gasteiger partial charge in [0.15, 0.2) is 11.6 Å². The van der Waals surface area contributed by atoms with E-state index in [2.05, 4.69) is 5.32 Å². The van der Waals surface area contributed by atoms with Crippen molar-refractivity contribution in [2.24, 2.45) is 0 Å². The second kappa shape index (κ2) is 7.68. The van der Waals surface area contributed by atoms with Gasteiger partial charge in [0.05, 0.1) is 12.6 Å². The first-order valence-corrected chi connectivity index (χ1v) is 6.57. The van der Waals surface area contributed by atoms with Gasteiger partial charge in [-0.05, 0) is 32.0 Å². The quantitative estimate of drug-likeness (QED) is 0.809. The number of carbonyl (C=O) groups excluding carboxylic acids is 1. The van der Waals surface area contributed by atoms with Crippen LogP contribution in [0.25, 0.3) is 0 Å². The molecule has 5 nitrogen and oxygen atoms in total. The van der Waals surface area contributed by atoms with Crippen molar-refractivity contribution in [3.63, 3.8) is 0 Å². The SMILES string of the molecule is CCCN(CC(=O)O)C(C)C(=O)Nc1ccc(F)c(F)c1. The number of halogens is 2. The molecular weight excluding hydrogens is 282 g/mol. The lowest BCUT2D eigenvalue weighted by Crippen LogP contribution is -2.44. The van der Waals surface area contributed by atoms with Gasteiger partial charge in [-0.1, -0.05) is 6.92 Å². The van der Waals surface area contributed by atoms with Crippen LogP contribution in [0.2, 0.25) is 0 Å². The number of carboxylic acid groups (broad SMARTS) is 1.